The lowest BCUT2D eigenvalue weighted by atomic mass is 9.90. The van der Waals surface area contributed by atoms with E-state index >= 15 is 0 Å². The standard InChI is InChI=1S/C23H22N4O4/c1-23(17-9-6-14-4-3-5-16(14)12-17)21(28)27(22(29)24-23)13-19-25-26-20(31-19)15-7-10-18(30-2)11-8-15/h6-12H,3-5,13H2,1-2H3,(H,24,29). The number of benzene rings is 2. The van der Waals surface area contributed by atoms with Gasteiger partial charge in [-0.25, -0.2) is 4.79 Å². The molecule has 2 aliphatic rings. The SMILES string of the molecule is COc1ccc(-c2nnc(CN3C(=O)NC(C)(c4ccc5c(c4)CCC5)C3=O)o2)cc1. The summed E-state index contributed by atoms with van der Waals surface area (Å²) in [5, 5.41) is 10.9. The zero-order chi connectivity index (χ0) is 21.6. The molecule has 1 aliphatic heterocycles. The molecule has 1 atom stereocenters. The summed E-state index contributed by atoms with van der Waals surface area (Å²) < 4.78 is 10.8. The predicted octanol–water partition coefficient (Wildman–Crippen LogP) is 3.20. The van der Waals surface area contributed by atoms with Crippen LogP contribution in [0.4, 0.5) is 4.79 Å². The monoisotopic (exact) mass is 418 g/mol. The van der Waals surface area contributed by atoms with E-state index in [0.29, 0.717) is 11.6 Å². The van der Waals surface area contributed by atoms with Gasteiger partial charge in [-0.15, -0.1) is 10.2 Å². The van der Waals surface area contributed by atoms with Gasteiger partial charge in [-0.2, -0.15) is 0 Å². The maximum atomic E-state index is 13.2. The molecule has 8 nitrogen and oxygen atoms in total. The Morgan fingerprint density at radius 1 is 1.10 bits per heavy atom. The molecule has 0 spiro atoms. The van der Waals surface area contributed by atoms with Crippen LogP contribution in [-0.2, 0) is 29.7 Å². The highest BCUT2D eigenvalue weighted by Crippen LogP contribution is 2.33. The van der Waals surface area contributed by atoms with Gasteiger partial charge in [-0.1, -0.05) is 18.2 Å². The highest BCUT2D eigenvalue weighted by molar-refractivity contribution is 6.07. The Kier molecular flexibility index (Phi) is 4.50. The molecule has 0 saturated carbocycles. The molecule has 1 unspecified atom stereocenters. The molecule has 1 aromatic heterocycles. The number of aromatic nitrogens is 2. The molecule has 3 aromatic rings. The summed E-state index contributed by atoms with van der Waals surface area (Å²) in [7, 11) is 1.59. The number of methoxy groups -OCH3 is 1. The molecule has 1 saturated heterocycles. The summed E-state index contributed by atoms with van der Waals surface area (Å²) in [6.07, 6.45) is 3.18. The largest absolute Gasteiger partial charge is 0.497 e. The van der Waals surface area contributed by atoms with Gasteiger partial charge in [-0.3, -0.25) is 9.69 Å². The first-order valence-corrected chi connectivity index (χ1v) is 10.2. The Bertz CT molecular complexity index is 1170. The highest BCUT2D eigenvalue weighted by Gasteiger charge is 2.49. The van der Waals surface area contributed by atoms with E-state index in [9.17, 15) is 9.59 Å². The van der Waals surface area contributed by atoms with E-state index in [2.05, 4.69) is 21.6 Å². The van der Waals surface area contributed by atoms with E-state index in [0.717, 1.165) is 35.3 Å². The first-order chi connectivity index (χ1) is 15.0. The van der Waals surface area contributed by atoms with Crippen LogP contribution in [0.3, 0.4) is 0 Å². The number of amides is 3. The fraction of sp³-hybridized carbons (Fsp3) is 0.304. The van der Waals surface area contributed by atoms with Crippen LogP contribution in [-0.4, -0.2) is 34.1 Å². The summed E-state index contributed by atoms with van der Waals surface area (Å²) in [6, 6.07) is 12.7. The number of aryl methyl sites for hydroxylation is 2. The third-order valence-electron chi connectivity index (χ3n) is 6.05. The van der Waals surface area contributed by atoms with E-state index in [1.807, 2.05) is 12.1 Å². The van der Waals surface area contributed by atoms with E-state index in [1.54, 1.807) is 38.3 Å². The number of ether oxygens (including phenoxy) is 1. The van der Waals surface area contributed by atoms with Gasteiger partial charge in [0.05, 0.1) is 7.11 Å². The minimum atomic E-state index is -1.12. The number of hydrogen-bond donors (Lipinski definition) is 1. The van der Waals surface area contributed by atoms with Crippen molar-refractivity contribution >= 4 is 11.9 Å². The molecule has 1 aliphatic carbocycles. The molecule has 3 amide bonds. The zero-order valence-electron chi connectivity index (χ0n) is 17.3. The number of hydrogen-bond acceptors (Lipinski definition) is 6. The third-order valence-corrected chi connectivity index (χ3v) is 6.05. The van der Waals surface area contributed by atoms with Crippen molar-refractivity contribution in [3.05, 3.63) is 65.0 Å². The number of imide groups is 1. The number of nitrogens with one attached hydrogen (secondary N) is 1. The van der Waals surface area contributed by atoms with E-state index in [1.165, 1.54) is 11.1 Å². The number of rotatable bonds is 5. The van der Waals surface area contributed by atoms with Crippen molar-refractivity contribution in [1.29, 1.82) is 0 Å². The fourth-order valence-electron chi connectivity index (χ4n) is 4.22. The van der Waals surface area contributed by atoms with Gasteiger partial charge in [0.25, 0.3) is 5.91 Å². The van der Waals surface area contributed by atoms with Gasteiger partial charge in [-0.05, 0) is 67.1 Å². The van der Waals surface area contributed by atoms with Gasteiger partial charge in [0.15, 0.2) is 0 Å². The topological polar surface area (TPSA) is 97.6 Å². The first-order valence-electron chi connectivity index (χ1n) is 10.2. The van der Waals surface area contributed by atoms with Crippen molar-refractivity contribution in [2.75, 3.05) is 7.11 Å². The second-order valence-electron chi connectivity index (χ2n) is 8.01. The van der Waals surface area contributed by atoms with Crippen molar-refractivity contribution in [3.63, 3.8) is 0 Å². The minimum Gasteiger partial charge on any atom is -0.497 e. The maximum absolute atomic E-state index is 13.2. The second kappa shape index (κ2) is 7.23. The van der Waals surface area contributed by atoms with Crippen molar-refractivity contribution in [2.45, 2.75) is 38.3 Å². The quantitative estimate of drug-likeness (QED) is 0.639. The zero-order valence-corrected chi connectivity index (χ0v) is 17.3. The van der Waals surface area contributed by atoms with Crippen LogP contribution in [0.5, 0.6) is 5.75 Å². The lowest BCUT2D eigenvalue weighted by Crippen LogP contribution is -2.41. The van der Waals surface area contributed by atoms with Crippen LogP contribution in [0.15, 0.2) is 46.9 Å². The molecule has 2 heterocycles. The molecule has 8 heteroatoms. The molecule has 0 bridgehead atoms. The van der Waals surface area contributed by atoms with E-state index < -0.39 is 11.6 Å². The summed E-state index contributed by atoms with van der Waals surface area (Å²) in [5.41, 5.74) is 2.96. The molecule has 2 aromatic carbocycles. The van der Waals surface area contributed by atoms with Crippen molar-refractivity contribution < 1.29 is 18.7 Å². The van der Waals surface area contributed by atoms with Gasteiger partial charge >= 0.3 is 6.03 Å². The Morgan fingerprint density at radius 2 is 1.87 bits per heavy atom. The van der Waals surface area contributed by atoms with Crippen molar-refractivity contribution in [3.8, 4) is 17.2 Å². The molecule has 158 valence electrons. The van der Waals surface area contributed by atoms with Crippen LogP contribution in [0.25, 0.3) is 11.5 Å². The van der Waals surface area contributed by atoms with Crippen molar-refractivity contribution in [2.24, 2.45) is 0 Å². The first kappa shape index (κ1) is 19.3. The van der Waals surface area contributed by atoms with Crippen LogP contribution < -0.4 is 10.1 Å². The Balaban J connectivity index is 1.36. The normalized spacial score (nSPS) is 20.1. The van der Waals surface area contributed by atoms with Gasteiger partial charge in [0, 0.05) is 5.56 Å². The van der Waals surface area contributed by atoms with Gasteiger partial charge in [0.2, 0.25) is 11.8 Å². The van der Waals surface area contributed by atoms with Crippen LogP contribution in [0, 0.1) is 0 Å². The van der Waals surface area contributed by atoms with Crippen LogP contribution in [0.2, 0.25) is 0 Å². The average Bonchev–Trinajstić information content (AvgIpc) is 3.49. The molecule has 31 heavy (non-hydrogen) atoms. The lowest BCUT2D eigenvalue weighted by molar-refractivity contribution is -0.131. The Morgan fingerprint density at radius 3 is 2.65 bits per heavy atom. The molecule has 0 radical (unpaired) electrons. The third kappa shape index (κ3) is 3.24. The molecule has 5 rings (SSSR count). The maximum Gasteiger partial charge on any atom is 0.325 e. The number of fused-ring (bicyclic) bond motifs is 1. The number of nitrogens with zero attached hydrogens (tertiary/aromatic N) is 3. The van der Waals surface area contributed by atoms with Crippen LogP contribution in [0.1, 0.15) is 35.9 Å². The fourth-order valence-corrected chi connectivity index (χ4v) is 4.22. The molecule has 1 N–H and O–H groups in total. The molecular weight excluding hydrogens is 396 g/mol. The van der Waals surface area contributed by atoms with Crippen LogP contribution >= 0.6 is 0 Å². The highest BCUT2D eigenvalue weighted by atomic mass is 16.5. The number of urea groups is 1. The van der Waals surface area contributed by atoms with Gasteiger partial charge in [0.1, 0.15) is 17.8 Å². The van der Waals surface area contributed by atoms with E-state index in [-0.39, 0.29) is 18.3 Å². The average molecular weight is 418 g/mol. The minimum absolute atomic E-state index is 0.0889. The van der Waals surface area contributed by atoms with Gasteiger partial charge < -0.3 is 14.5 Å². The summed E-state index contributed by atoms with van der Waals surface area (Å²) in [6.45, 7) is 1.65. The summed E-state index contributed by atoms with van der Waals surface area (Å²) >= 11 is 0. The summed E-state index contributed by atoms with van der Waals surface area (Å²) in [4.78, 5) is 27.0. The molecule has 1 fully saturated rings. The van der Waals surface area contributed by atoms with E-state index in [4.69, 9.17) is 9.15 Å². The molecular formula is C23H22N4O4. The van der Waals surface area contributed by atoms with Crippen molar-refractivity contribution in [1.82, 2.24) is 20.4 Å². The predicted molar refractivity (Wildman–Crippen MR) is 111 cm³/mol. The summed E-state index contributed by atoms with van der Waals surface area (Å²) in [5.74, 6) is 0.881. The Hall–Kier alpha value is -3.68. The number of carbonyl (C=O) groups excluding carboxylic acids is 2. The smallest absolute Gasteiger partial charge is 0.325 e. The number of carbonyl (C=O) groups is 2. The Labute approximate surface area is 179 Å². The lowest BCUT2D eigenvalue weighted by Gasteiger charge is -2.23. The second-order valence-corrected chi connectivity index (χ2v) is 8.01.